The summed E-state index contributed by atoms with van der Waals surface area (Å²) in [7, 11) is 0. The van der Waals surface area contributed by atoms with Crippen molar-refractivity contribution in [3.8, 4) is 0 Å². The first-order valence-corrected chi connectivity index (χ1v) is 6.04. The highest BCUT2D eigenvalue weighted by atomic mass is 19.2. The average Bonchev–Trinajstić information content (AvgIpc) is 2.80. The zero-order valence-corrected chi connectivity index (χ0v) is 10.1. The third-order valence-corrected chi connectivity index (χ3v) is 3.45. The summed E-state index contributed by atoms with van der Waals surface area (Å²) in [5.41, 5.74) is -0.453. The fraction of sp³-hybridized carbons (Fsp3) is 0.462. The van der Waals surface area contributed by atoms with Crippen LogP contribution in [0.4, 0.5) is 14.5 Å². The molecule has 0 radical (unpaired) electrons. The van der Waals surface area contributed by atoms with Gasteiger partial charge in [0.1, 0.15) is 0 Å². The van der Waals surface area contributed by atoms with Crippen molar-refractivity contribution in [2.24, 2.45) is 0 Å². The van der Waals surface area contributed by atoms with Crippen LogP contribution in [0.1, 0.15) is 36.5 Å². The second kappa shape index (κ2) is 4.92. The topological polar surface area (TPSA) is 40.5 Å². The van der Waals surface area contributed by atoms with E-state index in [-0.39, 0.29) is 11.7 Å². The minimum absolute atomic E-state index is 0.168. The highest BCUT2D eigenvalue weighted by Crippen LogP contribution is 2.31. The fourth-order valence-electron chi connectivity index (χ4n) is 2.50. The van der Waals surface area contributed by atoms with Crippen LogP contribution in [0.25, 0.3) is 0 Å². The molecule has 1 heterocycles. The molecule has 0 aliphatic carbocycles. The molecule has 1 atom stereocenters. The van der Waals surface area contributed by atoms with E-state index >= 15 is 0 Å². The van der Waals surface area contributed by atoms with Gasteiger partial charge in [0.25, 0.3) is 0 Å². The van der Waals surface area contributed by atoms with E-state index in [1.54, 1.807) is 0 Å². The van der Waals surface area contributed by atoms with E-state index < -0.39 is 23.2 Å². The van der Waals surface area contributed by atoms with Gasteiger partial charge >= 0.3 is 5.97 Å². The van der Waals surface area contributed by atoms with Crippen LogP contribution in [0.5, 0.6) is 0 Å². The number of halogens is 2. The van der Waals surface area contributed by atoms with E-state index in [1.807, 2.05) is 11.8 Å². The predicted molar refractivity (Wildman–Crippen MR) is 64.0 cm³/mol. The highest BCUT2D eigenvalue weighted by Gasteiger charge is 2.28. The third kappa shape index (κ3) is 2.05. The summed E-state index contributed by atoms with van der Waals surface area (Å²) in [6, 6.07) is 2.69. The zero-order chi connectivity index (χ0) is 13.3. The van der Waals surface area contributed by atoms with Gasteiger partial charge in [0.05, 0.1) is 11.3 Å². The first kappa shape index (κ1) is 12.8. The zero-order valence-electron chi connectivity index (χ0n) is 10.1. The number of aromatic carboxylic acids is 1. The largest absolute Gasteiger partial charge is 0.478 e. The standard InChI is InChI=1S/C13H15F2NO2/c1-2-8-4-3-7-16(8)10-6-5-9(13(17)18)11(14)12(10)15/h5-6,8H,2-4,7H2,1H3,(H,17,18). The van der Waals surface area contributed by atoms with Gasteiger partial charge in [0.15, 0.2) is 11.6 Å². The molecule has 0 aromatic heterocycles. The summed E-state index contributed by atoms with van der Waals surface area (Å²) in [6.07, 6.45) is 2.76. The summed E-state index contributed by atoms with van der Waals surface area (Å²) in [5.74, 6) is -3.79. The Hall–Kier alpha value is -1.65. The molecule has 1 unspecified atom stereocenters. The molecule has 0 spiro atoms. The van der Waals surface area contributed by atoms with Gasteiger partial charge in [0, 0.05) is 12.6 Å². The smallest absolute Gasteiger partial charge is 0.338 e. The van der Waals surface area contributed by atoms with Gasteiger partial charge in [-0.15, -0.1) is 0 Å². The second-order valence-corrected chi connectivity index (χ2v) is 4.46. The number of carboxylic acid groups (broad SMARTS) is 1. The van der Waals surface area contributed by atoms with E-state index in [9.17, 15) is 13.6 Å². The molecule has 3 nitrogen and oxygen atoms in total. The van der Waals surface area contributed by atoms with Crippen LogP contribution in [0, 0.1) is 11.6 Å². The lowest BCUT2D eigenvalue weighted by molar-refractivity contribution is 0.0690. The Morgan fingerprint density at radius 1 is 1.44 bits per heavy atom. The van der Waals surface area contributed by atoms with E-state index in [0.717, 1.165) is 25.3 Å². The number of carboxylic acids is 1. The molecule has 5 heteroatoms. The normalized spacial score (nSPS) is 19.3. The van der Waals surface area contributed by atoms with Crippen LogP contribution in [-0.4, -0.2) is 23.7 Å². The number of hydrogen-bond donors (Lipinski definition) is 1. The van der Waals surface area contributed by atoms with Crippen molar-refractivity contribution < 1.29 is 18.7 Å². The lowest BCUT2D eigenvalue weighted by Gasteiger charge is -2.26. The molecule has 1 aromatic rings. The van der Waals surface area contributed by atoms with Crippen molar-refractivity contribution in [2.75, 3.05) is 11.4 Å². The SMILES string of the molecule is CCC1CCCN1c1ccc(C(=O)O)c(F)c1F. The molecule has 1 aromatic carbocycles. The molecular weight excluding hydrogens is 240 g/mol. The van der Waals surface area contributed by atoms with Gasteiger partial charge < -0.3 is 10.0 Å². The Morgan fingerprint density at radius 2 is 2.17 bits per heavy atom. The average molecular weight is 255 g/mol. The van der Waals surface area contributed by atoms with E-state index in [4.69, 9.17) is 5.11 Å². The molecule has 0 bridgehead atoms. The highest BCUT2D eigenvalue weighted by molar-refractivity contribution is 5.88. The first-order valence-electron chi connectivity index (χ1n) is 6.04. The summed E-state index contributed by atoms with van der Waals surface area (Å²) in [6.45, 7) is 2.68. The van der Waals surface area contributed by atoms with Crippen molar-refractivity contribution in [1.82, 2.24) is 0 Å². The molecule has 1 N–H and O–H groups in total. The molecule has 0 amide bonds. The Bertz CT molecular complexity index is 476. The summed E-state index contributed by atoms with van der Waals surface area (Å²) in [5, 5.41) is 8.72. The molecule has 1 fully saturated rings. The van der Waals surface area contributed by atoms with Crippen LogP contribution in [0.15, 0.2) is 12.1 Å². The predicted octanol–water partition coefficient (Wildman–Crippen LogP) is 3.04. The van der Waals surface area contributed by atoms with Crippen LogP contribution in [0.2, 0.25) is 0 Å². The van der Waals surface area contributed by atoms with Crippen LogP contribution in [-0.2, 0) is 0 Å². The van der Waals surface area contributed by atoms with Gasteiger partial charge in [0.2, 0.25) is 0 Å². The van der Waals surface area contributed by atoms with Gasteiger partial charge in [-0.2, -0.15) is 0 Å². The Kier molecular flexibility index (Phi) is 3.50. The molecule has 0 saturated carbocycles. The van der Waals surface area contributed by atoms with Crippen molar-refractivity contribution in [1.29, 1.82) is 0 Å². The molecule has 2 rings (SSSR count). The third-order valence-electron chi connectivity index (χ3n) is 3.45. The fourth-order valence-corrected chi connectivity index (χ4v) is 2.50. The molecule has 1 saturated heterocycles. The molecule has 1 aliphatic heterocycles. The van der Waals surface area contributed by atoms with Gasteiger partial charge in [-0.3, -0.25) is 0 Å². The van der Waals surface area contributed by atoms with Crippen molar-refractivity contribution in [2.45, 2.75) is 32.2 Å². The number of nitrogens with zero attached hydrogens (tertiary/aromatic N) is 1. The van der Waals surface area contributed by atoms with Crippen molar-refractivity contribution in [3.63, 3.8) is 0 Å². The number of rotatable bonds is 3. The maximum atomic E-state index is 13.9. The van der Waals surface area contributed by atoms with E-state index in [0.29, 0.717) is 6.54 Å². The monoisotopic (exact) mass is 255 g/mol. The van der Waals surface area contributed by atoms with Crippen molar-refractivity contribution >= 4 is 11.7 Å². The Labute approximate surface area is 104 Å². The minimum Gasteiger partial charge on any atom is -0.478 e. The summed E-state index contributed by atoms with van der Waals surface area (Å²) < 4.78 is 27.5. The molecule has 1 aliphatic rings. The Balaban J connectivity index is 2.41. The summed E-state index contributed by atoms with van der Waals surface area (Å²) in [4.78, 5) is 12.5. The van der Waals surface area contributed by atoms with Crippen LogP contribution < -0.4 is 4.90 Å². The maximum absolute atomic E-state index is 13.9. The lowest BCUT2D eigenvalue weighted by atomic mass is 10.1. The number of carbonyl (C=O) groups is 1. The van der Waals surface area contributed by atoms with E-state index in [2.05, 4.69) is 0 Å². The van der Waals surface area contributed by atoms with Crippen molar-refractivity contribution in [3.05, 3.63) is 29.3 Å². The molecular formula is C13H15F2NO2. The Morgan fingerprint density at radius 3 is 2.78 bits per heavy atom. The van der Waals surface area contributed by atoms with Gasteiger partial charge in [-0.1, -0.05) is 6.92 Å². The quantitative estimate of drug-likeness (QED) is 0.902. The first-order chi connectivity index (χ1) is 8.56. The maximum Gasteiger partial charge on any atom is 0.338 e. The number of benzene rings is 1. The van der Waals surface area contributed by atoms with Gasteiger partial charge in [-0.25, -0.2) is 13.6 Å². The van der Waals surface area contributed by atoms with Gasteiger partial charge in [-0.05, 0) is 31.4 Å². The lowest BCUT2D eigenvalue weighted by Crippen LogP contribution is -2.29. The molecule has 18 heavy (non-hydrogen) atoms. The minimum atomic E-state index is -1.45. The van der Waals surface area contributed by atoms with Crippen LogP contribution >= 0.6 is 0 Å². The molecule has 98 valence electrons. The van der Waals surface area contributed by atoms with Crippen LogP contribution in [0.3, 0.4) is 0 Å². The second-order valence-electron chi connectivity index (χ2n) is 4.46. The van der Waals surface area contributed by atoms with E-state index in [1.165, 1.54) is 6.07 Å². The summed E-state index contributed by atoms with van der Waals surface area (Å²) >= 11 is 0. The number of hydrogen-bond acceptors (Lipinski definition) is 2. The number of anilines is 1.